The lowest BCUT2D eigenvalue weighted by atomic mass is 10.1. The SMILES string of the molecule is CNC(=O)c1nc(Cl)c(-n2nc(C)cc2C(C)C)c(NCC(Cl)(Cl)Cl)n1. The van der Waals surface area contributed by atoms with Gasteiger partial charge in [0.15, 0.2) is 11.0 Å². The fourth-order valence-corrected chi connectivity index (χ4v) is 2.70. The minimum absolute atomic E-state index is 0.0513. The number of nitrogens with zero attached hydrogens (tertiary/aromatic N) is 4. The zero-order chi connectivity index (χ0) is 19.6. The molecule has 2 aromatic heterocycles. The summed E-state index contributed by atoms with van der Waals surface area (Å²) in [5, 5.41) is 9.89. The number of amides is 1. The van der Waals surface area contributed by atoms with Crippen molar-refractivity contribution < 1.29 is 4.79 Å². The zero-order valence-corrected chi connectivity index (χ0v) is 17.6. The Morgan fingerprint density at radius 1 is 1.31 bits per heavy atom. The molecule has 26 heavy (non-hydrogen) atoms. The summed E-state index contributed by atoms with van der Waals surface area (Å²) in [6.07, 6.45) is 0. The first-order valence-corrected chi connectivity index (χ1v) is 9.21. The van der Waals surface area contributed by atoms with E-state index in [4.69, 9.17) is 46.4 Å². The van der Waals surface area contributed by atoms with Crippen LogP contribution in [0.15, 0.2) is 6.07 Å². The van der Waals surface area contributed by atoms with E-state index >= 15 is 0 Å². The second-order valence-corrected chi connectivity index (χ2v) is 8.73. The molecule has 2 N–H and O–H groups in total. The molecule has 1 amide bonds. The minimum Gasteiger partial charge on any atom is -0.364 e. The number of carbonyl (C=O) groups is 1. The van der Waals surface area contributed by atoms with Crippen LogP contribution in [-0.2, 0) is 0 Å². The topological polar surface area (TPSA) is 84.7 Å². The molecule has 2 heterocycles. The standard InChI is InChI=1S/C15H18Cl4N6O/c1-7(2)9-5-8(3)24-25(9)10-11(16)22-13(14(26)20-4)23-12(10)21-6-15(17,18)19/h5,7H,6H2,1-4H3,(H,20,26)(H,21,22,23). The third-order valence-electron chi connectivity index (χ3n) is 3.39. The van der Waals surface area contributed by atoms with Gasteiger partial charge < -0.3 is 10.6 Å². The number of anilines is 1. The predicted molar refractivity (Wildman–Crippen MR) is 105 cm³/mol. The number of aromatic nitrogens is 4. The number of hydrogen-bond acceptors (Lipinski definition) is 5. The highest BCUT2D eigenvalue weighted by Gasteiger charge is 2.25. The summed E-state index contributed by atoms with van der Waals surface area (Å²) in [7, 11) is 1.47. The van der Waals surface area contributed by atoms with Crippen molar-refractivity contribution in [2.24, 2.45) is 0 Å². The van der Waals surface area contributed by atoms with Crippen LogP contribution in [0.4, 0.5) is 5.82 Å². The molecule has 0 aromatic carbocycles. The van der Waals surface area contributed by atoms with Crippen LogP contribution in [0.1, 0.15) is 41.8 Å². The molecule has 0 aliphatic heterocycles. The van der Waals surface area contributed by atoms with Crippen molar-refractivity contribution in [2.75, 3.05) is 18.9 Å². The monoisotopic (exact) mass is 438 g/mol. The lowest BCUT2D eigenvalue weighted by molar-refractivity contribution is 0.0953. The first-order valence-electron chi connectivity index (χ1n) is 7.70. The summed E-state index contributed by atoms with van der Waals surface area (Å²) < 4.78 is 0.0689. The number of rotatable bonds is 5. The van der Waals surface area contributed by atoms with E-state index in [9.17, 15) is 4.79 Å². The van der Waals surface area contributed by atoms with Gasteiger partial charge >= 0.3 is 0 Å². The van der Waals surface area contributed by atoms with Crippen molar-refractivity contribution in [1.29, 1.82) is 0 Å². The van der Waals surface area contributed by atoms with Crippen molar-refractivity contribution >= 4 is 58.1 Å². The van der Waals surface area contributed by atoms with Gasteiger partial charge in [0.25, 0.3) is 5.91 Å². The van der Waals surface area contributed by atoms with E-state index in [1.807, 2.05) is 26.8 Å². The molecule has 2 aromatic rings. The largest absolute Gasteiger partial charge is 0.364 e. The minimum atomic E-state index is -1.57. The second-order valence-electron chi connectivity index (χ2n) is 5.86. The van der Waals surface area contributed by atoms with Crippen molar-refractivity contribution in [2.45, 2.75) is 30.5 Å². The Morgan fingerprint density at radius 3 is 2.50 bits per heavy atom. The van der Waals surface area contributed by atoms with Crippen LogP contribution in [0.25, 0.3) is 5.69 Å². The Morgan fingerprint density at radius 2 is 1.96 bits per heavy atom. The fraction of sp³-hybridized carbons (Fsp3) is 0.467. The van der Waals surface area contributed by atoms with E-state index in [0.717, 1.165) is 11.4 Å². The first kappa shape index (κ1) is 21.0. The molecule has 0 atom stereocenters. The highest BCUT2D eigenvalue weighted by atomic mass is 35.6. The van der Waals surface area contributed by atoms with Gasteiger partial charge in [0, 0.05) is 12.7 Å². The molecule has 0 radical (unpaired) electrons. The average molecular weight is 440 g/mol. The van der Waals surface area contributed by atoms with Crippen LogP contribution in [0.5, 0.6) is 0 Å². The van der Waals surface area contributed by atoms with E-state index in [-0.39, 0.29) is 29.3 Å². The summed E-state index contributed by atoms with van der Waals surface area (Å²) >= 11 is 23.9. The molecule has 0 saturated carbocycles. The molecule has 0 aliphatic carbocycles. The van der Waals surface area contributed by atoms with Crippen molar-refractivity contribution in [3.63, 3.8) is 0 Å². The van der Waals surface area contributed by atoms with Crippen LogP contribution in [-0.4, -0.2) is 43.0 Å². The lowest BCUT2D eigenvalue weighted by Crippen LogP contribution is -2.25. The average Bonchev–Trinajstić information content (AvgIpc) is 2.92. The molecule has 0 unspecified atom stereocenters. The van der Waals surface area contributed by atoms with Crippen molar-refractivity contribution in [1.82, 2.24) is 25.1 Å². The number of aryl methyl sites for hydroxylation is 1. The molecule has 0 fully saturated rings. The molecular formula is C15H18Cl4N6O. The number of halogens is 4. The number of carbonyl (C=O) groups excluding carboxylic acids is 1. The number of nitrogens with one attached hydrogen (secondary N) is 2. The normalized spacial score (nSPS) is 11.7. The Kier molecular flexibility index (Phi) is 6.60. The number of hydrogen-bond donors (Lipinski definition) is 2. The molecule has 2 rings (SSSR count). The maximum absolute atomic E-state index is 11.9. The van der Waals surface area contributed by atoms with Gasteiger partial charge in [-0.25, -0.2) is 14.6 Å². The Bertz CT molecular complexity index is 815. The smallest absolute Gasteiger partial charge is 0.288 e. The van der Waals surface area contributed by atoms with Crippen molar-refractivity contribution in [3.05, 3.63) is 28.4 Å². The molecule has 11 heteroatoms. The molecule has 0 spiro atoms. The van der Waals surface area contributed by atoms with Gasteiger partial charge in [0.2, 0.25) is 9.62 Å². The fourth-order valence-electron chi connectivity index (χ4n) is 2.25. The molecule has 7 nitrogen and oxygen atoms in total. The van der Waals surface area contributed by atoms with Crippen LogP contribution < -0.4 is 10.6 Å². The Labute approximate surface area is 171 Å². The summed E-state index contributed by atoms with van der Waals surface area (Å²) in [5.41, 5.74) is 2.08. The van der Waals surface area contributed by atoms with Gasteiger partial charge in [0.1, 0.15) is 5.69 Å². The highest BCUT2D eigenvalue weighted by molar-refractivity contribution is 6.67. The molecular weight excluding hydrogens is 422 g/mol. The van der Waals surface area contributed by atoms with Crippen LogP contribution in [0, 0.1) is 6.92 Å². The van der Waals surface area contributed by atoms with Gasteiger partial charge in [-0.1, -0.05) is 60.3 Å². The second kappa shape index (κ2) is 8.17. The van der Waals surface area contributed by atoms with Crippen LogP contribution in [0.2, 0.25) is 5.15 Å². The summed E-state index contributed by atoms with van der Waals surface area (Å²) in [4.78, 5) is 20.2. The van der Waals surface area contributed by atoms with E-state index < -0.39 is 9.70 Å². The van der Waals surface area contributed by atoms with Gasteiger partial charge in [-0.3, -0.25) is 4.79 Å². The van der Waals surface area contributed by atoms with Gasteiger partial charge in [-0.15, -0.1) is 0 Å². The number of alkyl halides is 3. The highest BCUT2D eigenvalue weighted by Crippen LogP contribution is 2.32. The quantitative estimate of drug-likeness (QED) is 0.545. The molecule has 142 valence electrons. The van der Waals surface area contributed by atoms with E-state index in [1.165, 1.54) is 7.05 Å². The maximum Gasteiger partial charge on any atom is 0.288 e. The van der Waals surface area contributed by atoms with Crippen molar-refractivity contribution in [3.8, 4) is 5.69 Å². The predicted octanol–water partition coefficient (Wildman–Crippen LogP) is 3.89. The zero-order valence-electron chi connectivity index (χ0n) is 14.6. The van der Waals surface area contributed by atoms with Gasteiger partial charge in [-0.2, -0.15) is 5.10 Å². The summed E-state index contributed by atoms with van der Waals surface area (Å²) in [6.45, 7) is 5.86. The summed E-state index contributed by atoms with van der Waals surface area (Å²) in [5.74, 6) is -0.203. The van der Waals surface area contributed by atoms with Crippen LogP contribution >= 0.6 is 46.4 Å². The maximum atomic E-state index is 11.9. The van der Waals surface area contributed by atoms with E-state index in [0.29, 0.717) is 5.69 Å². The van der Waals surface area contributed by atoms with Crippen LogP contribution in [0.3, 0.4) is 0 Å². The van der Waals surface area contributed by atoms with Gasteiger partial charge in [-0.05, 0) is 18.9 Å². The third kappa shape index (κ3) is 4.91. The third-order valence-corrected chi connectivity index (χ3v) is 4.05. The van der Waals surface area contributed by atoms with E-state index in [2.05, 4.69) is 25.7 Å². The lowest BCUT2D eigenvalue weighted by Gasteiger charge is -2.18. The first-order chi connectivity index (χ1) is 12.0. The molecule has 0 aliphatic rings. The van der Waals surface area contributed by atoms with Gasteiger partial charge in [0.05, 0.1) is 12.2 Å². The summed E-state index contributed by atoms with van der Waals surface area (Å²) in [6, 6.07) is 1.94. The Hall–Kier alpha value is -1.28. The molecule has 0 saturated heterocycles. The van der Waals surface area contributed by atoms with E-state index in [1.54, 1.807) is 4.68 Å². The Balaban J connectivity index is 2.65. The molecule has 0 bridgehead atoms.